The van der Waals surface area contributed by atoms with E-state index in [0.717, 1.165) is 16.9 Å². The van der Waals surface area contributed by atoms with Gasteiger partial charge in [-0.25, -0.2) is 4.39 Å². The van der Waals surface area contributed by atoms with E-state index in [0.29, 0.717) is 17.3 Å². The molecule has 20 heavy (non-hydrogen) atoms. The van der Waals surface area contributed by atoms with Gasteiger partial charge in [0.15, 0.2) is 0 Å². The van der Waals surface area contributed by atoms with E-state index in [2.05, 4.69) is 15.9 Å². The summed E-state index contributed by atoms with van der Waals surface area (Å²) in [6.45, 7) is 0. The highest BCUT2D eigenvalue weighted by molar-refractivity contribution is 9.10. The van der Waals surface area contributed by atoms with Crippen molar-refractivity contribution in [3.05, 3.63) is 63.9 Å². The van der Waals surface area contributed by atoms with Gasteiger partial charge < -0.3 is 9.84 Å². The number of aliphatic hydroxyl groups excluding tert-OH is 1. The number of hydrogen-bond donors (Lipinski definition) is 1. The van der Waals surface area contributed by atoms with Crippen LogP contribution in [0.3, 0.4) is 0 Å². The van der Waals surface area contributed by atoms with Crippen LogP contribution in [0.1, 0.15) is 11.1 Å². The van der Waals surface area contributed by atoms with E-state index in [1.165, 1.54) is 12.1 Å². The van der Waals surface area contributed by atoms with Crippen LogP contribution in [0.2, 0.25) is 0 Å². The summed E-state index contributed by atoms with van der Waals surface area (Å²) in [5.41, 5.74) is 1.76. The molecule has 106 valence electrons. The monoisotopic (exact) mass is 338 g/mol. The molecule has 1 atom stereocenters. The number of aliphatic hydroxyl groups is 1. The fraction of sp³-hybridized carbons (Fsp3) is 0.250. The quantitative estimate of drug-likeness (QED) is 0.899. The van der Waals surface area contributed by atoms with Crippen molar-refractivity contribution in [3.63, 3.8) is 0 Å². The van der Waals surface area contributed by atoms with Crippen LogP contribution < -0.4 is 4.74 Å². The van der Waals surface area contributed by atoms with E-state index in [-0.39, 0.29) is 5.82 Å². The van der Waals surface area contributed by atoms with Crippen molar-refractivity contribution in [2.24, 2.45) is 0 Å². The third-order valence-electron chi connectivity index (χ3n) is 3.00. The van der Waals surface area contributed by atoms with Crippen LogP contribution in [0, 0.1) is 5.82 Å². The Morgan fingerprint density at radius 1 is 1.15 bits per heavy atom. The molecule has 0 radical (unpaired) electrons. The molecule has 0 saturated carbocycles. The molecular formula is C16H16BrFO2. The number of benzene rings is 2. The zero-order valence-electron chi connectivity index (χ0n) is 11.1. The summed E-state index contributed by atoms with van der Waals surface area (Å²) >= 11 is 3.25. The zero-order valence-corrected chi connectivity index (χ0v) is 12.7. The molecule has 0 aliphatic rings. The van der Waals surface area contributed by atoms with Crippen LogP contribution in [-0.4, -0.2) is 18.3 Å². The van der Waals surface area contributed by atoms with E-state index in [9.17, 15) is 9.50 Å². The maximum Gasteiger partial charge on any atom is 0.124 e. The summed E-state index contributed by atoms with van der Waals surface area (Å²) in [7, 11) is 1.61. The Kier molecular flexibility index (Phi) is 5.15. The van der Waals surface area contributed by atoms with Crippen LogP contribution in [-0.2, 0) is 12.8 Å². The molecule has 0 aliphatic heterocycles. The van der Waals surface area contributed by atoms with Crippen molar-refractivity contribution < 1.29 is 14.2 Å². The minimum absolute atomic E-state index is 0.303. The van der Waals surface area contributed by atoms with E-state index >= 15 is 0 Å². The first kappa shape index (κ1) is 15.0. The Morgan fingerprint density at radius 3 is 2.60 bits per heavy atom. The van der Waals surface area contributed by atoms with Crippen LogP contribution in [0.25, 0.3) is 0 Å². The second kappa shape index (κ2) is 6.86. The van der Waals surface area contributed by atoms with Crippen LogP contribution >= 0.6 is 15.9 Å². The maximum absolute atomic E-state index is 13.3. The van der Waals surface area contributed by atoms with Gasteiger partial charge in [-0.3, -0.25) is 0 Å². The normalized spacial score (nSPS) is 12.2. The first-order valence-electron chi connectivity index (χ1n) is 6.33. The van der Waals surface area contributed by atoms with Crippen molar-refractivity contribution >= 4 is 15.9 Å². The Hall–Kier alpha value is -1.39. The molecule has 0 fully saturated rings. The standard InChI is InChI=1S/C16H16BrFO2/c1-20-16-4-2-3-11(9-16)7-15(19)8-12-5-13(17)10-14(18)6-12/h2-6,9-10,15,19H,7-8H2,1H3. The average Bonchev–Trinajstić information content (AvgIpc) is 2.37. The molecule has 0 spiro atoms. The van der Waals surface area contributed by atoms with E-state index in [1.54, 1.807) is 7.11 Å². The van der Waals surface area contributed by atoms with Gasteiger partial charge in [-0.05, 0) is 54.3 Å². The third kappa shape index (κ3) is 4.32. The SMILES string of the molecule is COc1cccc(CC(O)Cc2cc(F)cc(Br)c2)c1. The zero-order chi connectivity index (χ0) is 14.5. The molecule has 0 bridgehead atoms. The highest BCUT2D eigenvalue weighted by Crippen LogP contribution is 2.18. The maximum atomic E-state index is 13.3. The molecule has 2 aromatic rings. The first-order valence-corrected chi connectivity index (χ1v) is 7.12. The van der Waals surface area contributed by atoms with Gasteiger partial charge in [0.1, 0.15) is 11.6 Å². The number of ether oxygens (including phenoxy) is 1. The molecule has 0 aromatic heterocycles. The van der Waals surface area contributed by atoms with Crippen molar-refractivity contribution in [2.75, 3.05) is 7.11 Å². The summed E-state index contributed by atoms with van der Waals surface area (Å²) in [6.07, 6.45) is 0.356. The van der Waals surface area contributed by atoms with Crippen LogP contribution in [0.5, 0.6) is 5.75 Å². The van der Waals surface area contributed by atoms with Crippen molar-refractivity contribution in [2.45, 2.75) is 18.9 Å². The molecule has 0 heterocycles. The van der Waals surface area contributed by atoms with Gasteiger partial charge in [-0.2, -0.15) is 0 Å². The number of hydrogen-bond acceptors (Lipinski definition) is 2. The van der Waals surface area contributed by atoms with Gasteiger partial charge in [0.05, 0.1) is 13.2 Å². The largest absolute Gasteiger partial charge is 0.497 e. The highest BCUT2D eigenvalue weighted by atomic mass is 79.9. The smallest absolute Gasteiger partial charge is 0.124 e. The third-order valence-corrected chi connectivity index (χ3v) is 3.46. The molecular weight excluding hydrogens is 323 g/mol. The molecule has 2 rings (SSSR count). The molecule has 0 aliphatic carbocycles. The van der Waals surface area contributed by atoms with E-state index in [1.807, 2.05) is 30.3 Å². The number of rotatable bonds is 5. The fourth-order valence-corrected chi connectivity index (χ4v) is 2.66. The lowest BCUT2D eigenvalue weighted by Gasteiger charge is -2.12. The van der Waals surface area contributed by atoms with Gasteiger partial charge in [0.25, 0.3) is 0 Å². The highest BCUT2D eigenvalue weighted by Gasteiger charge is 2.09. The van der Waals surface area contributed by atoms with Gasteiger partial charge >= 0.3 is 0 Å². The van der Waals surface area contributed by atoms with Crippen LogP contribution in [0.4, 0.5) is 4.39 Å². The van der Waals surface area contributed by atoms with Gasteiger partial charge in [-0.1, -0.05) is 28.1 Å². The Labute approximate surface area is 126 Å². The Morgan fingerprint density at radius 2 is 1.90 bits per heavy atom. The van der Waals surface area contributed by atoms with Crippen molar-refractivity contribution in [3.8, 4) is 5.75 Å². The molecule has 1 unspecified atom stereocenters. The van der Waals surface area contributed by atoms with E-state index in [4.69, 9.17) is 4.74 Å². The lowest BCUT2D eigenvalue weighted by Crippen LogP contribution is -2.14. The lowest BCUT2D eigenvalue weighted by molar-refractivity contribution is 0.175. The topological polar surface area (TPSA) is 29.5 Å². The number of methoxy groups -OCH3 is 1. The van der Waals surface area contributed by atoms with Gasteiger partial charge in [0, 0.05) is 4.47 Å². The first-order chi connectivity index (χ1) is 9.56. The molecule has 2 aromatic carbocycles. The lowest BCUT2D eigenvalue weighted by atomic mass is 10.0. The molecule has 2 nitrogen and oxygen atoms in total. The Bertz CT molecular complexity index is 566. The molecule has 1 N–H and O–H groups in total. The van der Waals surface area contributed by atoms with Crippen molar-refractivity contribution in [1.29, 1.82) is 0 Å². The average molecular weight is 339 g/mol. The predicted octanol–water partition coefficient (Wildman–Crippen LogP) is 3.74. The van der Waals surface area contributed by atoms with Crippen LogP contribution in [0.15, 0.2) is 46.9 Å². The predicted molar refractivity (Wildman–Crippen MR) is 80.5 cm³/mol. The summed E-state index contributed by atoms with van der Waals surface area (Å²) in [4.78, 5) is 0. The molecule has 0 saturated heterocycles. The van der Waals surface area contributed by atoms with Gasteiger partial charge in [-0.15, -0.1) is 0 Å². The van der Waals surface area contributed by atoms with E-state index < -0.39 is 6.10 Å². The summed E-state index contributed by atoms with van der Waals surface area (Å²) < 4.78 is 19.1. The minimum atomic E-state index is -0.559. The number of halogens is 2. The molecule has 4 heteroatoms. The summed E-state index contributed by atoms with van der Waals surface area (Å²) in [6, 6.07) is 12.2. The van der Waals surface area contributed by atoms with Crippen molar-refractivity contribution in [1.82, 2.24) is 0 Å². The summed E-state index contributed by atoms with van der Waals surface area (Å²) in [5.74, 6) is 0.464. The minimum Gasteiger partial charge on any atom is -0.497 e. The Balaban J connectivity index is 2.02. The van der Waals surface area contributed by atoms with Gasteiger partial charge in [0.2, 0.25) is 0 Å². The second-order valence-corrected chi connectivity index (χ2v) is 5.61. The second-order valence-electron chi connectivity index (χ2n) is 4.69. The summed E-state index contributed by atoms with van der Waals surface area (Å²) in [5, 5.41) is 10.1. The molecule has 0 amide bonds. The fourth-order valence-electron chi connectivity index (χ4n) is 2.14.